The molecule has 1 aromatic rings. The number of allylic oxidation sites excluding steroid dienone is 1. The molecule has 0 radical (unpaired) electrons. The molecule has 1 aliphatic rings. The van der Waals surface area contributed by atoms with Gasteiger partial charge >= 0.3 is 5.97 Å². The van der Waals surface area contributed by atoms with Crippen LogP contribution in [-0.4, -0.2) is 36.4 Å². The van der Waals surface area contributed by atoms with Gasteiger partial charge in [-0.1, -0.05) is 24.3 Å². The number of aliphatic hydroxyl groups excluding tert-OH is 1. The molecule has 0 aliphatic carbocycles. The molecule has 5 nitrogen and oxygen atoms in total. The van der Waals surface area contributed by atoms with Crippen molar-refractivity contribution in [1.82, 2.24) is 0 Å². The Bertz CT molecular complexity index is 498. The van der Waals surface area contributed by atoms with Crippen molar-refractivity contribution in [2.24, 2.45) is 0 Å². The third-order valence-electron chi connectivity index (χ3n) is 3.39. The number of hydrogen-bond donors (Lipinski definition) is 2. The van der Waals surface area contributed by atoms with Gasteiger partial charge in [-0.2, -0.15) is 0 Å². The first-order valence-corrected chi connectivity index (χ1v) is 6.99. The van der Waals surface area contributed by atoms with E-state index in [4.69, 9.17) is 9.47 Å². The Hall–Kier alpha value is -1.85. The highest BCUT2D eigenvalue weighted by molar-refractivity contribution is 5.74. The van der Waals surface area contributed by atoms with Gasteiger partial charge in [-0.15, -0.1) is 0 Å². The van der Waals surface area contributed by atoms with Crippen LogP contribution in [0.4, 0.5) is 5.69 Å². The van der Waals surface area contributed by atoms with Gasteiger partial charge in [0.15, 0.2) is 6.10 Å². The molecule has 0 amide bonds. The highest BCUT2D eigenvalue weighted by Crippen LogP contribution is 2.23. The molecule has 0 bridgehead atoms. The standard InChI is InChI=1S/C16H21NO4/c1-3-4-14(18)16-13(9-15(19)21-16)17-12-7-5-11(6-8-12)10-20-2/h3-8,13-14,16-18H,9-10H2,1-2H3/t13-,14+,16-/m1/s1. The Morgan fingerprint density at radius 1 is 1.48 bits per heavy atom. The zero-order chi connectivity index (χ0) is 15.2. The fourth-order valence-corrected chi connectivity index (χ4v) is 2.40. The largest absolute Gasteiger partial charge is 0.457 e. The van der Waals surface area contributed by atoms with E-state index in [2.05, 4.69) is 5.32 Å². The van der Waals surface area contributed by atoms with Crippen LogP contribution in [0.1, 0.15) is 18.9 Å². The van der Waals surface area contributed by atoms with Crippen LogP contribution in [0.2, 0.25) is 0 Å². The van der Waals surface area contributed by atoms with Crippen molar-refractivity contribution in [3.05, 3.63) is 42.0 Å². The second kappa shape index (κ2) is 7.24. The van der Waals surface area contributed by atoms with Gasteiger partial charge in [-0.3, -0.25) is 4.79 Å². The van der Waals surface area contributed by atoms with Gasteiger partial charge in [-0.25, -0.2) is 0 Å². The van der Waals surface area contributed by atoms with E-state index in [9.17, 15) is 9.90 Å². The summed E-state index contributed by atoms with van der Waals surface area (Å²) in [6, 6.07) is 7.53. The maximum Gasteiger partial charge on any atom is 0.308 e. The zero-order valence-electron chi connectivity index (χ0n) is 12.3. The summed E-state index contributed by atoms with van der Waals surface area (Å²) in [6.45, 7) is 2.38. The summed E-state index contributed by atoms with van der Waals surface area (Å²) in [5.74, 6) is -0.294. The monoisotopic (exact) mass is 291 g/mol. The number of aliphatic hydroxyl groups is 1. The topological polar surface area (TPSA) is 67.8 Å². The van der Waals surface area contributed by atoms with Gasteiger partial charge in [0, 0.05) is 12.8 Å². The normalized spacial score (nSPS) is 23.3. The van der Waals surface area contributed by atoms with E-state index >= 15 is 0 Å². The SMILES string of the molecule is CC=C[C@H](O)[C@@H]1OC(=O)C[C@H]1Nc1ccc(COC)cc1. The van der Waals surface area contributed by atoms with Gasteiger partial charge in [0.25, 0.3) is 0 Å². The molecule has 0 saturated carbocycles. The summed E-state index contributed by atoms with van der Waals surface area (Å²) in [5.41, 5.74) is 1.96. The molecule has 1 aliphatic heterocycles. The smallest absolute Gasteiger partial charge is 0.308 e. The second-order valence-corrected chi connectivity index (χ2v) is 5.06. The highest BCUT2D eigenvalue weighted by Gasteiger charge is 2.38. The van der Waals surface area contributed by atoms with Crippen molar-refractivity contribution in [3.8, 4) is 0 Å². The molecule has 3 atom stereocenters. The molecule has 0 spiro atoms. The number of rotatable bonds is 6. The molecule has 1 saturated heterocycles. The van der Waals surface area contributed by atoms with E-state index in [0.29, 0.717) is 6.61 Å². The Kier molecular flexibility index (Phi) is 5.36. The maximum absolute atomic E-state index is 11.5. The molecular weight excluding hydrogens is 270 g/mol. The van der Waals surface area contributed by atoms with Crippen LogP contribution < -0.4 is 5.32 Å². The van der Waals surface area contributed by atoms with Gasteiger partial charge < -0.3 is 19.9 Å². The molecule has 2 rings (SSSR count). The number of ether oxygens (including phenoxy) is 2. The molecule has 1 aromatic carbocycles. The lowest BCUT2D eigenvalue weighted by Gasteiger charge is -2.22. The Balaban J connectivity index is 2.04. The number of nitrogens with one attached hydrogen (secondary N) is 1. The van der Waals surface area contributed by atoms with E-state index in [-0.39, 0.29) is 18.4 Å². The highest BCUT2D eigenvalue weighted by atomic mass is 16.6. The fourth-order valence-electron chi connectivity index (χ4n) is 2.40. The predicted molar refractivity (Wildman–Crippen MR) is 79.9 cm³/mol. The first kappa shape index (κ1) is 15.5. The van der Waals surface area contributed by atoms with Gasteiger partial charge in [0.1, 0.15) is 6.10 Å². The second-order valence-electron chi connectivity index (χ2n) is 5.06. The third-order valence-corrected chi connectivity index (χ3v) is 3.39. The van der Waals surface area contributed by atoms with Crippen LogP contribution in [0, 0.1) is 0 Å². The summed E-state index contributed by atoms with van der Waals surface area (Å²) in [5, 5.41) is 13.3. The van der Waals surface area contributed by atoms with Gasteiger partial charge in [0.05, 0.1) is 19.1 Å². The number of methoxy groups -OCH3 is 1. The lowest BCUT2D eigenvalue weighted by Crippen LogP contribution is -2.38. The van der Waals surface area contributed by atoms with Crippen molar-refractivity contribution in [2.75, 3.05) is 12.4 Å². The van der Waals surface area contributed by atoms with Crippen molar-refractivity contribution >= 4 is 11.7 Å². The molecule has 1 heterocycles. The van der Waals surface area contributed by atoms with Crippen molar-refractivity contribution in [3.63, 3.8) is 0 Å². The number of carbonyl (C=O) groups excluding carboxylic acids is 1. The minimum atomic E-state index is -0.799. The van der Waals surface area contributed by atoms with Crippen molar-refractivity contribution in [2.45, 2.75) is 38.2 Å². The molecule has 5 heteroatoms. The van der Waals surface area contributed by atoms with Crippen molar-refractivity contribution < 1.29 is 19.4 Å². The molecule has 114 valence electrons. The number of anilines is 1. The first-order chi connectivity index (χ1) is 10.1. The molecule has 0 aromatic heterocycles. The van der Waals surface area contributed by atoms with Crippen LogP contribution >= 0.6 is 0 Å². The van der Waals surface area contributed by atoms with E-state index < -0.39 is 12.2 Å². The minimum Gasteiger partial charge on any atom is -0.457 e. The average molecular weight is 291 g/mol. The lowest BCUT2D eigenvalue weighted by molar-refractivity contribution is -0.144. The van der Waals surface area contributed by atoms with Crippen LogP contribution in [0.3, 0.4) is 0 Å². The average Bonchev–Trinajstić information content (AvgIpc) is 2.82. The van der Waals surface area contributed by atoms with Crippen LogP contribution in [-0.2, 0) is 20.9 Å². The van der Waals surface area contributed by atoms with Gasteiger partial charge in [0.2, 0.25) is 0 Å². The van der Waals surface area contributed by atoms with Crippen LogP contribution in [0.25, 0.3) is 0 Å². The first-order valence-electron chi connectivity index (χ1n) is 6.99. The Morgan fingerprint density at radius 3 is 2.81 bits per heavy atom. The quantitative estimate of drug-likeness (QED) is 0.618. The third kappa shape index (κ3) is 4.06. The molecule has 1 fully saturated rings. The molecular formula is C16H21NO4. The van der Waals surface area contributed by atoms with E-state index in [1.165, 1.54) is 0 Å². The predicted octanol–water partition coefficient (Wildman–Crippen LogP) is 1.87. The van der Waals surface area contributed by atoms with E-state index in [0.717, 1.165) is 11.3 Å². The minimum absolute atomic E-state index is 0.239. The number of cyclic esters (lactones) is 1. The zero-order valence-corrected chi connectivity index (χ0v) is 12.3. The summed E-state index contributed by atoms with van der Waals surface area (Å²) < 4.78 is 10.3. The molecule has 0 unspecified atom stereocenters. The summed E-state index contributed by atoms with van der Waals surface area (Å²) in [6.07, 6.45) is 2.26. The number of carbonyl (C=O) groups is 1. The maximum atomic E-state index is 11.5. The summed E-state index contributed by atoms with van der Waals surface area (Å²) in [4.78, 5) is 11.5. The van der Waals surface area contributed by atoms with E-state index in [1.807, 2.05) is 31.2 Å². The van der Waals surface area contributed by atoms with Crippen LogP contribution in [0.5, 0.6) is 0 Å². The lowest BCUT2D eigenvalue weighted by atomic mass is 10.0. The molecule has 2 N–H and O–H groups in total. The number of benzene rings is 1. The molecule has 21 heavy (non-hydrogen) atoms. The van der Waals surface area contributed by atoms with Crippen LogP contribution in [0.15, 0.2) is 36.4 Å². The van der Waals surface area contributed by atoms with Crippen molar-refractivity contribution in [1.29, 1.82) is 0 Å². The Morgan fingerprint density at radius 2 is 2.19 bits per heavy atom. The van der Waals surface area contributed by atoms with Gasteiger partial charge in [-0.05, 0) is 24.6 Å². The van der Waals surface area contributed by atoms with E-state index in [1.54, 1.807) is 19.3 Å². The number of hydrogen-bond acceptors (Lipinski definition) is 5. The summed E-state index contributed by atoms with van der Waals surface area (Å²) >= 11 is 0. The summed E-state index contributed by atoms with van der Waals surface area (Å²) in [7, 11) is 1.65. The fraction of sp³-hybridized carbons (Fsp3) is 0.438. The Labute approximate surface area is 124 Å². The number of esters is 1.